The Morgan fingerprint density at radius 1 is 1.38 bits per heavy atom. The minimum Gasteiger partial charge on any atom is -0.495 e. The number of aromatic nitrogens is 2. The fourth-order valence-electron chi connectivity index (χ4n) is 1.95. The van der Waals surface area contributed by atoms with E-state index in [9.17, 15) is 8.42 Å². The zero-order valence-corrected chi connectivity index (χ0v) is 12.9. The molecule has 4 N–H and O–H groups in total. The fraction of sp³-hybridized carbons (Fsp3) is 0.308. The molecule has 0 radical (unpaired) electrons. The molecule has 1 heterocycles. The van der Waals surface area contributed by atoms with Gasteiger partial charge in [-0.1, -0.05) is 6.07 Å². The molecule has 0 unspecified atom stereocenters. The van der Waals surface area contributed by atoms with Gasteiger partial charge in [0, 0.05) is 6.54 Å². The third-order valence-electron chi connectivity index (χ3n) is 3.12. The highest BCUT2D eigenvalue weighted by Gasteiger charge is 2.22. The van der Waals surface area contributed by atoms with Crippen LogP contribution in [0.3, 0.4) is 0 Å². The minimum absolute atomic E-state index is 0.0490. The van der Waals surface area contributed by atoms with E-state index in [2.05, 4.69) is 14.9 Å². The van der Waals surface area contributed by atoms with E-state index in [1.54, 1.807) is 26.0 Å². The quantitative estimate of drug-likeness (QED) is 0.771. The maximum absolute atomic E-state index is 12.6. The van der Waals surface area contributed by atoms with Crippen LogP contribution in [0, 0.1) is 13.8 Å². The molecule has 0 bridgehead atoms. The van der Waals surface area contributed by atoms with Crippen molar-refractivity contribution in [2.24, 2.45) is 5.73 Å². The molecule has 0 aliphatic carbocycles. The van der Waals surface area contributed by atoms with E-state index in [0.29, 0.717) is 22.6 Å². The van der Waals surface area contributed by atoms with Gasteiger partial charge in [-0.2, -0.15) is 5.10 Å². The molecule has 1 aromatic carbocycles. The van der Waals surface area contributed by atoms with Gasteiger partial charge in [0.05, 0.1) is 24.2 Å². The largest absolute Gasteiger partial charge is 0.495 e. The Morgan fingerprint density at radius 3 is 2.62 bits per heavy atom. The van der Waals surface area contributed by atoms with Crippen LogP contribution in [0.4, 0.5) is 5.69 Å². The maximum atomic E-state index is 12.6. The summed E-state index contributed by atoms with van der Waals surface area (Å²) >= 11 is 0. The van der Waals surface area contributed by atoms with Crippen LogP contribution >= 0.6 is 0 Å². The molecule has 0 atom stereocenters. The van der Waals surface area contributed by atoms with E-state index in [0.717, 1.165) is 0 Å². The molecule has 2 rings (SSSR count). The Bertz CT molecular complexity index is 733. The number of anilines is 1. The Kier molecular flexibility index (Phi) is 4.19. The molecule has 2 aromatic rings. The normalized spacial score (nSPS) is 11.4. The molecule has 7 nitrogen and oxygen atoms in total. The van der Waals surface area contributed by atoms with Crippen LogP contribution in [0.5, 0.6) is 5.75 Å². The van der Waals surface area contributed by atoms with E-state index in [-0.39, 0.29) is 17.2 Å². The molecular formula is C13H18N4O3S. The summed E-state index contributed by atoms with van der Waals surface area (Å²) in [5, 5.41) is 6.70. The summed E-state index contributed by atoms with van der Waals surface area (Å²) in [6.07, 6.45) is 0. The van der Waals surface area contributed by atoms with Gasteiger partial charge in [0.2, 0.25) is 0 Å². The standard InChI is InChI=1S/C13H18N4O3S/c1-8-13(9(2)16-15-8)17-21(18,19)12-6-10(7-14)4-5-11(12)20-3/h4-6,17H,7,14H2,1-3H3,(H,15,16). The van der Waals surface area contributed by atoms with Gasteiger partial charge in [-0.05, 0) is 31.5 Å². The zero-order chi connectivity index (χ0) is 15.6. The first-order chi connectivity index (χ1) is 9.89. The van der Waals surface area contributed by atoms with Crippen LogP contribution in [0.25, 0.3) is 0 Å². The number of aromatic amines is 1. The molecule has 0 aliphatic heterocycles. The topological polar surface area (TPSA) is 110 Å². The fourth-order valence-corrected chi connectivity index (χ4v) is 3.35. The number of rotatable bonds is 5. The number of ether oxygens (including phenoxy) is 1. The van der Waals surface area contributed by atoms with E-state index >= 15 is 0 Å². The lowest BCUT2D eigenvalue weighted by Gasteiger charge is -2.13. The molecule has 0 fully saturated rings. The second-order valence-corrected chi connectivity index (χ2v) is 6.25. The highest BCUT2D eigenvalue weighted by Crippen LogP contribution is 2.28. The van der Waals surface area contributed by atoms with Crippen molar-refractivity contribution in [3.8, 4) is 5.75 Å². The third kappa shape index (κ3) is 3.01. The number of nitrogens with one attached hydrogen (secondary N) is 2. The summed E-state index contributed by atoms with van der Waals surface area (Å²) in [4.78, 5) is 0.0490. The number of methoxy groups -OCH3 is 1. The summed E-state index contributed by atoms with van der Waals surface area (Å²) < 4.78 is 32.8. The van der Waals surface area contributed by atoms with Gasteiger partial charge in [0.1, 0.15) is 10.6 Å². The molecule has 0 aliphatic rings. The molecule has 8 heteroatoms. The summed E-state index contributed by atoms with van der Waals surface area (Å²) in [5.41, 5.74) is 7.93. The number of benzene rings is 1. The van der Waals surface area contributed by atoms with Crippen molar-refractivity contribution in [3.63, 3.8) is 0 Å². The van der Waals surface area contributed by atoms with Crippen molar-refractivity contribution in [2.75, 3.05) is 11.8 Å². The zero-order valence-electron chi connectivity index (χ0n) is 12.1. The van der Waals surface area contributed by atoms with Gasteiger partial charge in [-0.3, -0.25) is 9.82 Å². The van der Waals surface area contributed by atoms with Crippen molar-refractivity contribution in [1.82, 2.24) is 10.2 Å². The monoisotopic (exact) mass is 310 g/mol. The molecular weight excluding hydrogens is 292 g/mol. The van der Waals surface area contributed by atoms with Crippen LogP contribution in [-0.4, -0.2) is 25.7 Å². The molecule has 0 saturated heterocycles. The lowest BCUT2D eigenvalue weighted by Crippen LogP contribution is -2.15. The average Bonchev–Trinajstić information content (AvgIpc) is 2.78. The van der Waals surface area contributed by atoms with E-state index in [4.69, 9.17) is 10.5 Å². The Hall–Kier alpha value is -2.06. The summed E-state index contributed by atoms with van der Waals surface area (Å²) in [5.74, 6) is 0.263. The highest BCUT2D eigenvalue weighted by atomic mass is 32.2. The molecule has 1 aromatic heterocycles. The first-order valence-corrected chi connectivity index (χ1v) is 7.78. The van der Waals surface area contributed by atoms with Crippen molar-refractivity contribution in [2.45, 2.75) is 25.3 Å². The van der Waals surface area contributed by atoms with Gasteiger partial charge >= 0.3 is 0 Å². The van der Waals surface area contributed by atoms with Crippen LogP contribution in [-0.2, 0) is 16.6 Å². The number of aryl methyl sites for hydroxylation is 2. The summed E-state index contributed by atoms with van der Waals surface area (Å²) in [6, 6.07) is 4.82. The first kappa shape index (κ1) is 15.3. The van der Waals surface area contributed by atoms with Gasteiger partial charge in [0.25, 0.3) is 10.0 Å². The molecule has 0 saturated carbocycles. The molecule has 0 spiro atoms. The second-order valence-electron chi connectivity index (χ2n) is 4.60. The summed E-state index contributed by atoms with van der Waals surface area (Å²) in [7, 11) is -2.37. The van der Waals surface area contributed by atoms with Crippen molar-refractivity contribution in [1.29, 1.82) is 0 Å². The molecule has 21 heavy (non-hydrogen) atoms. The number of nitrogens with zero attached hydrogens (tertiary/aromatic N) is 1. The van der Waals surface area contributed by atoms with Gasteiger partial charge in [-0.25, -0.2) is 8.42 Å². The number of nitrogens with two attached hydrogens (primary N) is 1. The maximum Gasteiger partial charge on any atom is 0.265 e. The van der Waals surface area contributed by atoms with E-state index in [1.165, 1.54) is 13.2 Å². The molecule has 0 amide bonds. The van der Waals surface area contributed by atoms with Gasteiger partial charge in [0.15, 0.2) is 0 Å². The second kappa shape index (κ2) is 5.74. The highest BCUT2D eigenvalue weighted by molar-refractivity contribution is 7.92. The van der Waals surface area contributed by atoms with Gasteiger partial charge in [-0.15, -0.1) is 0 Å². The average molecular weight is 310 g/mol. The SMILES string of the molecule is COc1ccc(CN)cc1S(=O)(=O)Nc1c(C)n[nH]c1C. The van der Waals surface area contributed by atoms with Crippen LogP contribution in [0.1, 0.15) is 17.0 Å². The third-order valence-corrected chi connectivity index (χ3v) is 4.49. The minimum atomic E-state index is -3.79. The van der Waals surface area contributed by atoms with Crippen molar-refractivity contribution < 1.29 is 13.2 Å². The lowest BCUT2D eigenvalue weighted by atomic mass is 10.2. The van der Waals surface area contributed by atoms with Crippen LogP contribution in [0.2, 0.25) is 0 Å². The number of hydrogen-bond acceptors (Lipinski definition) is 5. The Balaban J connectivity index is 2.49. The van der Waals surface area contributed by atoms with Crippen molar-refractivity contribution in [3.05, 3.63) is 35.2 Å². The number of sulfonamides is 1. The number of hydrogen-bond donors (Lipinski definition) is 3. The Labute approximate surface area is 123 Å². The summed E-state index contributed by atoms with van der Waals surface area (Å²) in [6.45, 7) is 3.70. The first-order valence-electron chi connectivity index (χ1n) is 6.30. The smallest absolute Gasteiger partial charge is 0.265 e. The Morgan fingerprint density at radius 2 is 2.10 bits per heavy atom. The molecule has 114 valence electrons. The van der Waals surface area contributed by atoms with E-state index < -0.39 is 10.0 Å². The van der Waals surface area contributed by atoms with Crippen LogP contribution < -0.4 is 15.2 Å². The predicted octanol–water partition coefficient (Wildman–Crippen LogP) is 1.29. The van der Waals surface area contributed by atoms with Gasteiger partial charge < -0.3 is 10.5 Å². The number of H-pyrrole nitrogens is 1. The predicted molar refractivity (Wildman–Crippen MR) is 79.8 cm³/mol. The van der Waals surface area contributed by atoms with E-state index in [1.807, 2.05) is 0 Å². The van der Waals surface area contributed by atoms with Crippen molar-refractivity contribution >= 4 is 15.7 Å². The van der Waals surface area contributed by atoms with Crippen LogP contribution in [0.15, 0.2) is 23.1 Å². The lowest BCUT2D eigenvalue weighted by molar-refractivity contribution is 0.402.